The molecule has 0 atom stereocenters. The topological polar surface area (TPSA) is 38.3 Å². The van der Waals surface area contributed by atoms with E-state index in [1.54, 1.807) is 12.1 Å². The first-order valence-corrected chi connectivity index (χ1v) is 6.46. The van der Waals surface area contributed by atoms with E-state index in [0.717, 1.165) is 5.56 Å². The fraction of sp³-hybridized carbons (Fsp3) is 0.133. The molecule has 0 fully saturated rings. The van der Waals surface area contributed by atoms with Crippen molar-refractivity contribution in [2.45, 2.75) is 13.5 Å². The molecule has 0 aliphatic heterocycles. The van der Waals surface area contributed by atoms with E-state index in [0.29, 0.717) is 11.3 Å². The molecule has 6 heteroatoms. The van der Waals surface area contributed by atoms with Crippen LogP contribution in [0.4, 0.5) is 14.5 Å². The van der Waals surface area contributed by atoms with Crippen LogP contribution in [0.5, 0.6) is 5.75 Å². The summed E-state index contributed by atoms with van der Waals surface area (Å²) < 4.78 is 28.5. The van der Waals surface area contributed by atoms with E-state index >= 15 is 0 Å². The normalized spacial score (nSPS) is 10.5. The second-order valence-corrected chi connectivity index (χ2v) is 4.70. The van der Waals surface area contributed by atoms with Gasteiger partial charge in [0.05, 0.1) is 5.02 Å². The summed E-state index contributed by atoms with van der Waals surface area (Å²) in [6, 6.07) is 11.2. The lowest BCUT2D eigenvalue weighted by Crippen LogP contribution is -2.13. The Bertz CT molecular complexity index is 662. The predicted octanol–water partition coefficient (Wildman–Crippen LogP) is 4.50. The van der Waals surface area contributed by atoms with Gasteiger partial charge in [-0.05, 0) is 36.8 Å². The first kappa shape index (κ1) is 15.3. The van der Waals surface area contributed by atoms with Gasteiger partial charge in [-0.25, -0.2) is 0 Å². The average Bonchev–Trinajstić information content (AvgIpc) is 2.42. The number of carbonyl (C=O) groups is 1. The van der Waals surface area contributed by atoms with Gasteiger partial charge >= 0.3 is 6.61 Å². The van der Waals surface area contributed by atoms with Crippen molar-refractivity contribution >= 4 is 23.2 Å². The van der Waals surface area contributed by atoms with Crippen molar-refractivity contribution < 1.29 is 18.3 Å². The number of aryl methyl sites for hydroxylation is 1. The van der Waals surface area contributed by atoms with Gasteiger partial charge in [0.15, 0.2) is 0 Å². The molecule has 0 saturated heterocycles. The van der Waals surface area contributed by atoms with Crippen LogP contribution in [-0.4, -0.2) is 12.5 Å². The first-order chi connectivity index (χ1) is 9.97. The summed E-state index contributed by atoms with van der Waals surface area (Å²) in [4.78, 5) is 12.1. The van der Waals surface area contributed by atoms with Gasteiger partial charge in [0.1, 0.15) is 5.75 Å². The average molecular weight is 312 g/mol. The third-order valence-corrected chi connectivity index (χ3v) is 3.09. The summed E-state index contributed by atoms with van der Waals surface area (Å²) in [5, 5.41) is 2.65. The zero-order valence-corrected chi connectivity index (χ0v) is 11.8. The molecule has 1 N–H and O–H groups in total. The number of amides is 1. The van der Waals surface area contributed by atoms with E-state index in [1.165, 1.54) is 18.2 Å². The predicted molar refractivity (Wildman–Crippen MR) is 77.2 cm³/mol. The molecule has 21 heavy (non-hydrogen) atoms. The van der Waals surface area contributed by atoms with Gasteiger partial charge < -0.3 is 10.1 Å². The maximum absolute atomic E-state index is 12.1. The molecule has 0 unspecified atom stereocenters. The Kier molecular flexibility index (Phi) is 4.75. The number of alkyl halides is 2. The van der Waals surface area contributed by atoms with Gasteiger partial charge in [-0.3, -0.25) is 4.79 Å². The SMILES string of the molecule is Cc1ccccc1C(=O)Nc1ccc(OC(F)F)c(Cl)c1. The number of anilines is 1. The molecule has 0 aliphatic rings. The van der Waals surface area contributed by atoms with E-state index in [1.807, 2.05) is 19.1 Å². The fourth-order valence-corrected chi connectivity index (χ4v) is 2.02. The van der Waals surface area contributed by atoms with Crippen LogP contribution >= 0.6 is 11.6 Å². The third-order valence-electron chi connectivity index (χ3n) is 2.80. The van der Waals surface area contributed by atoms with Gasteiger partial charge in [-0.1, -0.05) is 29.8 Å². The zero-order chi connectivity index (χ0) is 15.4. The number of benzene rings is 2. The zero-order valence-electron chi connectivity index (χ0n) is 11.1. The van der Waals surface area contributed by atoms with Crippen LogP contribution in [0.2, 0.25) is 5.02 Å². The molecule has 0 radical (unpaired) electrons. The number of hydrogen-bond acceptors (Lipinski definition) is 2. The molecule has 0 aromatic heterocycles. The summed E-state index contributed by atoms with van der Waals surface area (Å²) in [7, 11) is 0. The number of carbonyl (C=O) groups excluding carboxylic acids is 1. The van der Waals surface area contributed by atoms with Gasteiger partial charge in [0, 0.05) is 11.3 Å². The van der Waals surface area contributed by atoms with E-state index in [4.69, 9.17) is 11.6 Å². The van der Waals surface area contributed by atoms with E-state index < -0.39 is 6.61 Å². The molecule has 0 spiro atoms. The minimum Gasteiger partial charge on any atom is -0.433 e. The van der Waals surface area contributed by atoms with Crippen molar-refractivity contribution in [1.82, 2.24) is 0 Å². The summed E-state index contributed by atoms with van der Waals surface area (Å²) in [6.07, 6.45) is 0. The van der Waals surface area contributed by atoms with Crippen LogP contribution in [0.15, 0.2) is 42.5 Å². The monoisotopic (exact) mass is 311 g/mol. The molecule has 3 nitrogen and oxygen atoms in total. The van der Waals surface area contributed by atoms with Crippen molar-refractivity contribution in [3.63, 3.8) is 0 Å². The molecular weight excluding hydrogens is 300 g/mol. The second-order valence-electron chi connectivity index (χ2n) is 4.29. The molecular formula is C15H12ClF2NO2. The minimum absolute atomic E-state index is 0.00196. The Morgan fingerprint density at radius 1 is 1.24 bits per heavy atom. The van der Waals surface area contributed by atoms with Crippen LogP contribution in [0, 0.1) is 6.92 Å². The van der Waals surface area contributed by atoms with Crippen LogP contribution in [0.3, 0.4) is 0 Å². The standard InChI is InChI=1S/C15H12ClF2NO2/c1-9-4-2-3-5-11(9)14(20)19-10-6-7-13(12(16)8-10)21-15(17)18/h2-8,15H,1H3,(H,19,20). The molecule has 0 bridgehead atoms. The molecule has 0 saturated carbocycles. The highest BCUT2D eigenvalue weighted by Gasteiger charge is 2.12. The van der Waals surface area contributed by atoms with Crippen LogP contribution in [0.25, 0.3) is 0 Å². The molecule has 0 heterocycles. The summed E-state index contributed by atoms with van der Waals surface area (Å²) >= 11 is 5.82. The Morgan fingerprint density at radius 3 is 2.57 bits per heavy atom. The van der Waals surface area contributed by atoms with E-state index in [9.17, 15) is 13.6 Å². The van der Waals surface area contributed by atoms with Crippen molar-refractivity contribution in [2.24, 2.45) is 0 Å². The molecule has 1 amide bonds. The number of halogens is 3. The highest BCUT2D eigenvalue weighted by molar-refractivity contribution is 6.32. The Morgan fingerprint density at radius 2 is 1.95 bits per heavy atom. The highest BCUT2D eigenvalue weighted by atomic mass is 35.5. The van der Waals surface area contributed by atoms with Gasteiger partial charge in [0.2, 0.25) is 0 Å². The Balaban J connectivity index is 2.15. The van der Waals surface area contributed by atoms with Crippen LogP contribution < -0.4 is 10.1 Å². The molecule has 2 rings (SSSR count). The van der Waals surface area contributed by atoms with Crippen molar-refractivity contribution in [3.05, 3.63) is 58.6 Å². The molecule has 2 aromatic carbocycles. The summed E-state index contributed by atoms with van der Waals surface area (Å²) in [5.74, 6) is -0.438. The van der Waals surface area contributed by atoms with Crippen molar-refractivity contribution in [3.8, 4) is 5.75 Å². The van der Waals surface area contributed by atoms with Gasteiger partial charge in [-0.15, -0.1) is 0 Å². The molecule has 0 aliphatic carbocycles. The van der Waals surface area contributed by atoms with Crippen LogP contribution in [-0.2, 0) is 0 Å². The largest absolute Gasteiger partial charge is 0.433 e. The Hall–Kier alpha value is -2.14. The third kappa shape index (κ3) is 3.92. The fourth-order valence-electron chi connectivity index (χ4n) is 1.80. The van der Waals surface area contributed by atoms with Gasteiger partial charge in [0.25, 0.3) is 5.91 Å². The van der Waals surface area contributed by atoms with Crippen molar-refractivity contribution in [1.29, 1.82) is 0 Å². The van der Waals surface area contributed by atoms with E-state index in [2.05, 4.69) is 10.1 Å². The minimum atomic E-state index is -2.95. The quantitative estimate of drug-likeness (QED) is 0.902. The molecule has 2 aromatic rings. The summed E-state index contributed by atoms with van der Waals surface area (Å²) in [5.41, 5.74) is 1.76. The lowest BCUT2D eigenvalue weighted by Gasteiger charge is -2.10. The Labute approximate surface area is 125 Å². The number of nitrogens with one attached hydrogen (secondary N) is 1. The van der Waals surface area contributed by atoms with Crippen molar-refractivity contribution in [2.75, 3.05) is 5.32 Å². The lowest BCUT2D eigenvalue weighted by molar-refractivity contribution is -0.0497. The van der Waals surface area contributed by atoms with Crippen LogP contribution in [0.1, 0.15) is 15.9 Å². The highest BCUT2D eigenvalue weighted by Crippen LogP contribution is 2.29. The first-order valence-electron chi connectivity index (χ1n) is 6.08. The van der Waals surface area contributed by atoms with E-state index in [-0.39, 0.29) is 16.7 Å². The molecule has 110 valence electrons. The number of ether oxygens (including phenoxy) is 1. The van der Waals surface area contributed by atoms with Gasteiger partial charge in [-0.2, -0.15) is 8.78 Å². The second kappa shape index (κ2) is 6.54. The maximum atomic E-state index is 12.1. The number of rotatable bonds is 4. The maximum Gasteiger partial charge on any atom is 0.387 e. The smallest absolute Gasteiger partial charge is 0.387 e. The summed E-state index contributed by atoms with van der Waals surface area (Å²) in [6.45, 7) is -1.13. The lowest BCUT2D eigenvalue weighted by atomic mass is 10.1. The number of hydrogen-bond donors (Lipinski definition) is 1.